The molecule has 1 aliphatic rings. The average Bonchev–Trinajstić information content (AvgIpc) is 2.42. The number of hydrogen-bond donors (Lipinski definition) is 0. The van der Waals surface area contributed by atoms with E-state index in [1.807, 2.05) is 0 Å². The Balaban J connectivity index is 1.78. The Morgan fingerprint density at radius 2 is 1.83 bits per heavy atom. The van der Waals surface area contributed by atoms with Crippen LogP contribution in [0.25, 0.3) is 0 Å². The van der Waals surface area contributed by atoms with Gasteiger partial charge in [-0.15, -0.1) is 0 Å². The summed E-state index contributed by atoms with van der Waals surface area (Å²) >= 11 is 0. The predicted octanol–water partition coefficient (Wildman–Crippen LogP) is 1.93. The fraction of sp³-hybridized carbons (Fsp3) is 1.00. The second-order valence-electron chi connectivity index (χ2n) is 4.86. The molecule has 0 radical (unpaired) electrons. The molecule has 0 spiro atoms. The monoisotopic (exact) mass is 259 g/mol. The van der Waals surface area contributed by atoms with Crippen molar-refractivity contribution in [1.82, 2.24) is 4.90 Å². The summed E-state index contributed by atoms with van der Waals surface area (Å²) in [6, 6.07) is 0. The van der Waals surface area contributed by atoms with Gasteiger partial charge in [-0.2, -0.15) is 0 Å². The van der Waals surface area contributed by atoms with Crippen molar-refractivity contribution in [2.45, 2.75) is 39.2 Å². The SMILES string of the molecule is CCC(C)OCCCOCCCN1CCOCC1. The topological polar surface area (TPSA) is 30.9 Å². The van der Waals surface area contributed by atoms with Gasteiger partial charge >= 0.3 is 0 Å². The van der Waals surface area contributed by atoms with Gasteiger partial charge in [0, 0.05) is 39.5 Å². The van der Waals surface area contributed by atoms with E-state index in [4.69, 9.17) is 14.2 Å². The zero-order valence-electron chi connectivity index (χ0n) is 12.0. The van der Waals surface area contributed by atoms with Gasteiger partial charge in [0.2, 0.25) is 0 Å². The highest BCUT2D eigenvalue weighted by molar-refractivity contribution is 4.61. The van der Waals surface area contributed by atoms with E-state index in [0.29, 0.717) is 6.10 Å². The predicted molar refractivity (Wildman–Crippen MR) is 73.0 cm³/mol. The molecule has 0 bridgehead atoms. The molecular weight excluding hydrogens is 230 g/mol. The maximum Gasteiger partial charge on any atom is 0.0594 e. The molecule has 18 heavy (non-hydrogen) atoms. The van der Waals surface area contributed by atoms with Crippen molar-refractivity contribution in [3.05, 3.63) is 0 Å². The molecule has 1 atom stereocenters. The van der Waals surface area contributed by atoms with Crippen LogP contribution in [0.2, 0.25) is 0 Å². The molecule has 108 valence electrons. The summed E-state index contributed by atoms with van der Waals surface area (Å²) in [5, 5.41) is 0. The van der Waals surface area contributed by atoms with Crippen LogP contribution >= 0.6 is 0 Å². The highest BCUT2D eigenvalue weighted by Gasteiger charge is 2.08. The first-order valence-corrected chi connectivity index (χ1v) is 7.32. The minimum Gasteiger partial charge on any atom is -0.381 e. The van der Waals surface area contributed by atoms with E-state index >= 15 is 0 Å². The van der Waals surface area contributed by atoms with Crippen LogP contribution < -0.4 is 0 Å². The van der Waals surface area contributed by atoms with Crippen molar-refractivity contribution < 1.29 is 14.2 Å². The summed E-state index contributed by atoms with van der Waals surface area (Å²) in [6.07, 6.45) is 3.58. The van der Waals surface area contributed by atoms with Crippen LogP contribution in [0.1, 0.15) is 33.1 Å². The molecule has 0 aromatic heterocycles. The Hall–Kier alpha value is -0.160. The van der Waals surface area contributed by atoms with Crippen LogP contribution in [0.15, 0.2) is 0 Å². The van der Waals surface area contributed by atoms with Gasteiger partial charge in [0.15, 0.2) is 0 Å². The summed E-state index contributed by atoms with van der Waals surface area (Å²) in [4.78, 5) is 2.44. The van der Waals surface area contributed by atoms with Gasteiger partial charge < -0.3 is 14.2 Å². The summed E-state index contributed by atoms with van der Waals surface area (Å²) in [5.41, 5.74) is 0. The third kappa shape index (κ3) is 8.03. The molecule has 0 amide bonds. The molecule has 1 unspecified atom stereocenters. The van der Waals surface area contributed by atoms with Crippen molar-refractivity contribution in [3.63, 3.8) is 0 Å². The number of ether oxygens (including phenoxy) is 3. The summed E-state index contributed by atoms with van der Waals surface area (Å²) in [6.45, 7) is 11.8. The van der Waals surface area contributed by atoms with E-state index in [2.05, 4.69) is 18.7 Å². The lowest BCUT2D eigenvalue weighted by atomic mass is 10.3. The second-order valence-corrected chi connectivity index (χ2v) is 4.86. The van der Waals surface area contributed by atoms with Crippen molar-refractivity contribution in [2.24, 2.45) is 0 Å². The Morgan fingerprint density at radius 1 is 1.11 bits per heavy atom. The summed E-state index contributed by atoms with van der Waals surface area (Å²) in [5.74, 6) is 0. The fourth-order valence-corrected chi connectivity index (χ4v) is 1.88. The Bertz CT molecular complexity index is 184. The Morgan fingerprint density at radius 3 is 2.56 bits per heavy atom. The third-order valence-electron chi connectivity index (χ3n) is 3.28. The normalized spacial score (nSPS) is 19.0. The van der Waals surface area contributed by atoms with E-state index in [0.717, 1.165) is 71.9 Å². The Kier molecular flexibility index (Phi) is 9.48. The number of nitrogens with zero attached hydrogens (tertiary/aromatic N) is 1. The number of morpholine rings is 1. The van der Waals surface area contributed by atoms with Crippen molar-refractivity contribution in [3.8, 4) is 0 Å². The maximum absolute atomic E-state index is 5.60. The molecule has 0 N–H and O–H groups in total. The van der Waals surface area contributed by atoms with Gasteiger partial charge in [0.25, 0.3) is 0 Å². The summed E-state index contributed by atoms with van der Waals surface area (Å²) < 4.78 is 16.5. The molecule has 4 heteroatoms. The lowest BCUT2D eigenvalue weighted by Gasteiger charge is -2.26. The molecule has 1 saturated heterocycles. The van der Waals surface area contributed by atoms with E-state index in [1.165, 1.54) is 0 Å². The maximum atomic E-state index is 5.60. The molecule has 1 rings (SSSR count). The van der Waals surface area contributed by atoms with Gasteiger partial charge in [0.05, 0.1) is 19.3 Å². The second kappa shape index (κ2) is 10.7. The molecule has 1 aliphatic heterocycles. The minimum atomic E-state index is 0.381. The molecule has 0 aromatic carbocycles. The standard InChI is InChI=1S/C14H29NO3/c1-3-14(2)18-11-5-10-16-9-4-6-15-7-12-17-13-8-15/h14H,3-13H2,1-2H3. The highest BCUT2D eigenvalue weighted by Crippen LogP contribution is 1.99. The van der Waals surface area contributed by atoms with Gasteiger partial charge in [0.1, 0.15) is 0 Å². The van der Waals surface area contributed by atoms with Gasteiger partial charge in [-0.05, 0) is 26.2 Å². The molecular formula is C14H29NO3. The number of hydrogen-bond acceptors (Lipinski definition) is 4. The zero-order valence-corrected chi connectivity index (χ0v) is 12.0. The smallest absolute Gasteiger partial charge is 0.0594 e. The van der Waals surface area contributed by atoms with Crippen LogP contribution in [0.5, 0.6) is 0 Å². The van der Waals surface area contributed by atoms with E-state index in [-0.39, 0.29) is 0 Å². The molecule has 0 saturated carbocycles. The van der Waals surface area contributed by atoms with Crippen LogP contribution in [0.4, 0.5) is 0 Å². The van der Waals surface area contributed by atoms with Crippen molar-refractivity contribution in [2.75, 3.05) is 52.7 Å². The average molecular weight is 259 g/mol. The third-order valence-corrected chi connectivity index (χ3v) is 3.28. The van der Waals surface area contributed by atoms with E-state index in [9.17, 15) is 0 Å². The van der Waals surface area contributed by atoms with E-state index < -0.39 is 0 Å². The molecule has 1 heterocycles. The quantitative estimate of drug-likeness (QED) is 0.561. The van der Waals surface area contributed by atoms with Crippen LogP contribution in [0.3, 0.4) is 0 Å². The van der Waals surface area contributed by atoms with Crippen LogP contribution in [-0.2, 0) is 14.2 Å². The molecule has 4 nitrogen and oxygen atoms in total. The number of rotatable bonds is 10. The lowest BCUT2D eigenvalue weighted by molar-refractivity contribution is 0.0260. The van der Waals surface area contributed by atoms with Crippen LogP contribution in [-0.4, -0.2) is 63.7 Å². The van der Waals surface area contributed by atoms with Crippen molar-refractivity contribution in [1.29, 1.82) is 0 Å². The minimum absolute atomic E-state index is 0.381. The molecule has 0 aromatic rings. The Labute approximate surface area is 112 Å². The van der Waals surface area contributed by atoms with E-state index in [1.54, 1.807) is 0 Å². The first kappa shape index (κ1) is 15.9. The van der Waals surface area contributed by atoms with Gasteiger partial charge in [-0.1, -0.05) is 6.92 Å². The lowest BCUT2D eigenvalue weighted by Crippen LogP contribution is -2.37. The van der Waals surface area contributed by atoms with Crippen LogP contribution in [0, 0.1) is 0 Å². The largest absolute Gasteiger partial charge is 0.381 e. The summed E-state index contributed by atoms with van der Waals surface area (Å²) in [7, 11) is 0. The molecule has 0 aliphatic carbocycles. The highest BCUT2D eigenvalue weighted by atomic mass is 16.5. The molecule has 1 fully saturated rings. The zero-order chi connectivity index (χ0) is 13.1. The fourth-order valence-electron chi connectivity index (χ4n) is 1.88. The van der Waals surface area contributed by atoms with Gasteiger partial charge in [-0.25, -0.2) is 0 Å². The first-order valence-electron chi connectivity index (χ1n) is 7.32. The first-order chi connectivity index (χ1) is 8.83. The van der Waals surface area contributed by atoms with Gasteiger partial charge in [-0.3, -0.25) is 4.90 Å². The van der Waals surface area contributed by atoms with Crippen molar-refractivity contribution >= 4 is 0 Å².